The molecular formula is C15H14N6OS2. The van der Waals surface area contributed by atoms with Crippen molar-refractivity contribution >= 4 is 28.9 Å². The van der Waals surface area contributed by atoms with E-state index in [9.17, 15) is 0 Å². The number of thiophene rings is 1. The second-order valence-electron chi connectivity index (χ2n) is 5.33. The fraction of sp³-hybridized carbons (Fsp3) is 0.267. The molecule has 24 heavy (non-hydrogen) atoms. The van der Waals surface area contributed by atoms with E-state index in [2.05, 4.69) is 25.3 Å². The van der Waals surface area contributed by atoms with Crippen molar-refractivity contribution in [1.29, 1.82) is 0 Å². The summed E-state index contributed by atoms with van der Waals surface area (Å²) in [7, 11) is 0. The highest BCUT2D eigenvalue weighted by Gasteiger charge is 2.19. The number of aryl methyl sites for hydroxylation is 2. The van der Waals surface area contributed by atoms with E-state index in [1.54, 1.807) is 15.9 Å². The lowest BCUT2D eigenvalue weighted by Gasteiger charge is -2.01. The SMILES string of the molecule is Cc1cc(C)n2nc(SC(C)c3nnc(-c4cccs4)o3)nc2n1. The molecule has 0 aromatic carbocycles. The van der Waals surface area contributed by atoms with Gasteiger partial charge in [-0.25, -0.2) is 9.50 Å². The summed E-state index contributed by atoms with van der Waals surface area (Å²) in [6.45, 7) is 5.93. The number of thioether (sulfide) groups is 1. The molecule has 1 atom stereocenters. The molecule has 0 aliphatic rings. The van der Waals surface area contributed by atoms with Gasteiger partial charge in [0.15, 0.2) is 0 Å². The largest absolute Gasteiger partial charge is 0.419 e. The van der Waals surface area contributed by atoms with E-state index in [-0.39, 0.29) is 5.25 Å². The Morgan fingerprint density at radius 1 is 1.25 bits per heavy atom. The van der Waals surface area contributed by atoms with Crippen molar-refractivity contribution in [3.05, 3.63) is 40.9 Å². The highest BCUT2D eigenvalue weighted by molar-refractivity contribution is 7.99. The summed E-state index contributed by atoms with van der Waals surface area (Å²) >= 11 is 3.04. The minimum Gasteiger partial charge on any atom is -0.419 e. The van der Waals surface area contributed by atoms with Gasteiger partial charge in [0.25, 0.3) is 11.7 Å². The van der Waals surface area contributed by atoms with Crippen LogP contribution in [0.15, 0.2) is 33.2 Å². The highest BCUT2D eigenvalue weighted by Crippen LogP contribution is 2.34. The zero-order valence-corrected chi connectivity index (χ0v) is 14.9. The molecule has 0 spiro atoms. The second kappa shape index (κ2) is 5.99. The van der Waals surface area contributed by atoms with Gasteiger partial charge in [0.1, 0.15) is 0 Å². The van der Waals surface area contributed by atoms with Crippen LogP contribution in [-0.2, 0) is 0 Å². The molecule has 4 rings (SSSR count). The third-order valence-corrected chi connectivity index (χ3v) is 5.20. The van der Waals surface area contributed by atoms with Crippen molar-refractivity contribution < 1.29 is 4.42 Å². The average Bonchev–Trinajstić information content (AvgIpc) is 3.26. The van der Waals surface area contributed by atoms with Crippen molar-refractivity contribution in [3.8, 4) is 10.8 Å². The number of rotatable bonds is 4. The van der Waals surface area contributed by atoms with Gasteiger partial charge in [-0.15, -0.1) is 26.6 Å². The van der Waals surface area contributed by atoms with Crippen LogP contribution in [0.2, 0.25) is 0 Å². The zero-order chi connectivity index (χ0) is 16.7. The first kappa shape index (κ1) is 15.3. The van der Waals surface area contributed by atoms with Crippen LogP contribution in [0, 0.1) is 13.8 Å². The Morgan fingerprint density at radius 2 is 2.12 bits per heavy atom. The van der Waals surface area contributed by atoms with Crippen LogP contribution in [0.5, 0.6) is 0 Å². The standard InChI is InChI=1S/C15H14N6OS2/c1-8-7-9(2)21-14(16-8)17-15(20-21)24-10(3)12-18-19-13(22-12)11-5-4-6-23-11/h4-7,10H,1-3H3. The van der Waals surface area contributed by atoms with Crippen LogP contribution < -0.4 is 0 Å². The number of nitrogens with zero attached hydrogens (tertiary/aromatic N) is 6. The van der Waals surface area contributed by atoms with Crippen LogP contribution in [0.1, 0.15) is 29.5 Å². The van der Waals surface area contributed by atoms with E-state index in [4.69, 9.17) is 4.42 Å². The van der Waals surface area contributed by atoms with E-state index >= 15 is 0 Å². The highest BCUT2D eigenvalue weighted by atomic mass is 32.2. The summed E-state index contributed by atoms with van der Waals surface area (Å²) < 4.78 is 7.51. The minimum atomic E-state index is -0.0509. The Labute approximate surface area is 146 Å². The van der Waals surface area contributed by atoms with Crippen LogP contribution >= 0.6 is 23.1 Å². The summed E-state index contributed by atoms with van der Waals surface area (Å²) in [6, 6.07) is 5.89. The molecule has 0 fully saturated rings. The van der Waals surface area contributed by atoms with E-state index in [1.165, 1.54) is 11.8 Å². The van der Waals surface area contributed by atoms with Crippen molar-refractivity contribution in [2.75, 3.05) is 0 Å². The lowest BCUT2D eigenvalue weighted by Crippen LogP contribution is -1.97. The maximum Gasteiger partial charge on any atom is 0.257 e. The number of hydrogen-bond acceptors (Lipinski definition) is 8. The van der Waals surface area contributed by atoms with Crippen molar-refractivity contribution in [2.45, 2.75) is 31.2 Å². The van der Waals surface area contributed by atoms with E-state index in [0.717, 1.165) is 16.3 Å². The molecule has 0 aliphatic carbocycles. The van der Waals surface area contributed by atoms with E-state index in [0.29, 0.717) is 22.7 Å². The third kappa shape index (κ3) is 2.80. The van der Waals surface area contributed by atoms with Gasteiger partial charge in [0.2, 0.25) is 11.0 Å². The van der Waals surface area contributed by atoms with E-state index < -0.39 is 0 Å². The first-order valence-electron chi connectivity index (χ1n) is 7.35. The van der Waals surface area contributed by atoms with Gasteiger partial charge < -0.3 is 4.42 Å². The van der Waals surface area contributed by atoms with Crippen molar-refractivity contribution in [2.24, 2.45) is 0 Å². The van der Waals surface area contributed by atoms with Crippen LogP contribution in [-0.4, -0.2) is 29.8 Å². The smallest absolute Gasteiger partial charge is 0.257 e. The number of aromatic nitrogens is 6. The van der Waals surface area contributed by atoms with Gasteiger partial charge in [-0.1, -0.05) is 17.8 Å². The molecule has 0 saturated heterocycles. The summed E-state index contributed by atoms with van der Waals surface area (Å²) in [5.74, 6) is 1.71. The van der Waals surface area contributed by atoms with Gasteiger partial charge in [-0.2, -0.15) is 4.98 Å². The van der Waals surface area contributed by atoms with Crippen LogP contribution in [0.25, 0.3) is 16.5 Å². The van der Waals surface area contributed by atoms with Crippen LogP contribution in [0.4, 0.5) is 0 Å². The molecule has 1 unspecified atom stereocenters. The molecule has 0 aliphatic heterocycles. The fourth-order valence-electron chi connectivity index (χ4n) is 2.31. The molecular weight excluding hydrogens is 344 g/mol. The molecule has 122 valence electrons. The van der Waals surface area contributed by atoms with Gasteiger partial charge in [-0.05, 0) is 38.3 Å². The Balaban J connectivity index is 1.58. The summed E-state index contributed by atoms with van der Waals surface area (Å²) in [4.78, 5) is 9.84. The maximum absolute atomic E-state index is 5.77. The lowest BCUT2D eigenvalue weighted by molar-refractivity contribution is 0.510. The van der Waals surface area contributed by atoms with E-state index in [1.807, 2.05) is 44.4 Å². The molecule has 0 amide bonds. The monoisotopic (exact) mass is 358 g/mol. The topological polar surface area (TPSA) is 82.0 Å². The molecule has 4 heterocycles. The number of hydrogen-bond donors (Lipinski definition) is 0. The van der Waals surface area contributed by atoms with Crippen molar-refractivity contribution in [3.63, 3.8) is 0 Å². The Bertz CT molecular complexity index is 991. The fourth-order valence-corrected chi connectivity index (χ4v) is 3.72. The molecule has 0 bridgehead atoms. The molecule has 7 nitrogen and oxygen atoms in total. The van der Waals surface area contributed by atoms with Gasteiger partial charge in [-0.3, -0.25) is 0 Å². The lowest BCUT2D eigenvalue weighted by atomic mass is 10.4. The minimum absolute atomic E-state index is 0.0509. The predicted octanol–water partition coefficient (Wildman–Crippen LogP) is 3.71. The summed E-state index contributed by atoms with van der Waals surface area (Å²) in [5, 5.41) is 15.3. The van der Waals surface area contributed by atoms with Crippen LogP contribution in [0.3, 0.4) is 0 Å². The first-order valence-corrected chi connectivity index (χ1v) is 9.11. The van der Waals surface area contributed by atoms with Crippen molar-refractivity contribution in [1.82, 2.24) is 29.8 Å². The summed E-state index contributed by atoms with van der Waals surface area (Å²) in [5.41, 5.74) is 1.93. The Kier molecular flexibility index (Phi) is 3.81. The van der Waals surface area contributed by atoms with Gasteiger partial charge >= 0.3 is 0 Å². The molecule has 0 N–H and O–H groups in total. The predicted molar refractivity (Wildman–Crippen MR) is 92.1 cm³/mol. The summed E-state index contributed by atoms with van der Waals surface area (Å²) in [6.07, 6.45) is 0. The van der Waals surface area contributed by atoms with Gasteiger partial charge in [0.05, 0.1) is 10.1 Å². The first-order chi connectivity index (χ1) is 11.6. The molecule has 4 aromatic rings. The Hall–Kier alpha value is -2.26. The molecule has 9 heteroatoms. The maximum atomic E-state index is 5.77. The molecule has 0 saturated carbocycles. The van der Waals surface area contributed by atoms with Gasteiger partial charge in [0, 0.05) is 11.4 Å². The normalized spacial score (nSPS) is 12.8. The molecule has 0 radical (unpaired) electrons. The average molecular weight is 358 g/mol. The second-order valence-corrected chi connectivity index (χ2v) is 7.58. The Morgan fingerprint density at radius 3 is 2.92 bits per heavy atom. The molecule has 4 aromatic heterocycles. The zero-order valence-electron chi connectivity index (χ0n) is 13.3. The third-order valence-electron chi connectivity index (χ3n) is 3.40. The number of fused-ring (bicyclic) bond motifs is 1. The quantitative estimate of drug-likeness (QED) is 0.514.